The second-order valence-corrected chi connectivity index (χ2v) is 10.6. The van der Waals surface area contributed by atoms with E-state index >= 15 is 0 Å². The Morgan fingerprint density at radius 3 is 2.64 bits per heavy atom. The second kappa shape index (κ2) is 11.1. The molecule has 0 bridgehead atoms. The van der Waals surface area contributed by atoms with Crippen LogP contribution in [-0.4, -0.2) is 30.6 Å². The maximum absolute atomic E-state index is 13.9. The summed E-state index contributed by atoms with van der Waals surface area (Å²) in [6, 6.07) is 13.0. The van der Waals surface area contributed by atoms with E-state index in [1.54, 1.807) is 6.07 Å². The van der Waals surface area contributed by atoms with Crippen LogP contribution < -0.4 is 21.9 Å². The van der Waals surface area contributed by atoms with Gasteiger partial charge in [0.15, 0.2) is 0 Å². The SMILES string of the molecule is C/C(NN)=C1/NCCC(Nc2ccc(F)c(C)c2)c2cc(C3=CCN(C4CCCCC4)CC3)ccc21. The molecule has 5 N–H and O–H groups in total. The minimum atomic E-state index is -0.174. The van der Waals surface area contributed by atoms with Gasteiger partial charge in [-0.25, -0.2) is 4.39 Å². The number of hydrogen-bond donors (Lipinski definition) is 4. The van der Waals surface area contributed by atoms with Crippen molar-refractivity contribution < 1.29 is 4.39 Å². The Morgan fingerprint density at radius 2 is 1.92 bits per heavy atom. The number of aryl methyl sites for hydroxylation is 1. The van der Waals surface area contributed by atoms with Crippen LogP contribution in [0.2, 0.25) is 0 Å². The Bertz CT molecular complexity index is 1150. The number of nitrogens with two attached hydrogens (primary N) is 1. The summed E-state index contributed by atoms with van der Waals surface area (Å²) in [5.41, 5.74) is 11.5. The standard InChI is InChI=1S/C30H40FN5/c1-20-18-24(9-11-28(20)31)34-29-12-15-33-30(21(2)35-32)26-10-8-23(19-27(26)29)22-13-16-36(17-14-22)25-6-4-3-5-7-25/h8-11,13,18-19,25,29,33-35H,3-7,12,14-17,32H2,1-2H3/b30-21-. The van der Waals surface area contributed by atoms with E-state index in [1.807, 2.05) is 26.0 Å². The molecule has 0 aromatic heterocycles. The van der Waals surface area contributed by atoms with E-state index in [1.165, 1.54) is 48.8 Å². The van der Waals surface area contributed by atoms with Gasteiger partial charge < -0.3 is 16.1 Å². The number of fused-ring (bicyclic) bond motifs is 1. The lowest BCUT2D eigenvalue weighted by Crippen LogP contribution is -2.39. The predicted octanol–water partition coefficient (Wildman–Crippen LogP) is 5.85. The van der Waals surface area contributed by atoms with Gasteiger partial charge in [0.25, 0.3) is 0 Å². The van der Waals surface area contributed by atoms with Gasteiger partial charge in [-0.1, -0.05) is 37.5 Å². The van der Waals surface area contributed by atoms with Crippen molar-refractivity contribution in [3.8, 4) is 0 Å². The highest BCUT2D eigenvalue weighted by Gasteiger charge is 2.26. The molecule has 0 amide bonds. The number of allylic oxidation sites excluding steroid dienone is 1. The predicted molar refractivity (Wildman–Crippen MR) is 148 cm³/mol. The van der Waals surface area contributed by atoms with Crippen LogP contribution >= 0.6 is 0 Å². The molecule has 3 aliphatic rings. The maximum Gasteiger partial charge on any atom is 0.126 e. The number of rotatable bonds is 5. The van der Waals surface area contributed by atoms with Crippen LogP contribution in [0.15, 0.2) is 48.2 Å². The van der Waals surface area contributed by atoms with E-state index in [0.29, 0.717) is 5.56 Å². The van der Waals surface area contributed by atoms with Crippen LogP contribution in [0, 0.1) is 12.7 Å². The van der Waals surface area contributed by atoms with E-state index in [-0.39, 0.29) is 11.9 Å². The Kier molecular flexibility index (Phi) is 7.63. The molecule has 36 heavy (non-hydrogen) atoms. The molecule has 1 atom stereocenters. The lowest BCUT2D eigenvalue weighted by molar-refractivity contribution is 0.171. The molecule has 0 saturated heterocycles. The second-order valence-electron chi connectivity index (χ2n) is 10.6. The van der Waals surface area contributed by atoms with Crippen LogP contribution in [0.25, 0.3) is 11.3 Å². The summed E-state index contributed by atoms with van der Waals surface area (Å²) in [7, 11) is 0. The number of anilines is 1. The van der Waals surface area contributed by atoms with Crippen molar-refractivity contribution >= 4 is 17.0 Å². The zero-order chi connectivity index (χ0) is 25.1. The summed E-state index contributed by atoms with van der Waals surface area (Å²) in [5.74, 6) is 5.63. The summed E-state index contributed by atoms with van der Waals surface area (Å²) >= 11 is 0. The number of nitrogens with zero attached hydrogens (tertiary/aromatic N) is 1. The van der Waals surface area contributed by atoms with Crippen molar-refractivity contribution in [1.82, 2.24) is 15.6 Å². The minimum Gasteiger partial charge on any atom is -0.383 e. The van der Waals surface area contributed by atoms with E-state index in [4.69, 9.17) is 5.84 Å². The lowest BCUT2D eigenvalue weighted by atomic mass is 9.89. The molecule has 1 unspecified atom stereocenters. The van der Waals surface area contributed by atoms with Crippen LogP contribution in [0.5, 0.6) is 0 Å². The Balaban J connectivity index is 1.46. The van der Waals surface area contributed by atoms with Gasteiger partial charge in [0, 0.05) is 42.6 Å². The van der Waals surface area contributed by atoms with Crippen molar-refractivity contribution in [2.45, 2.75) is 70.9 Å². The third-order valence-corrected chi connectivity index (χ3v) is 8.22. The first-order chi connectivity index (χ1) is 17.5. The van der Waals surface area contributed by atoms with E-state index in [9.17, 15) is 4.39 Å². The van der Waals surface area contributed by atoms with Crippen LogP contribution in [-0.2, 0) is 0 Å². The summed E-state index contributed by atoms with van der Waals surface area (Å²) in [4.78, 5) is 2.69. The molecule has 1 aliphatic carbocycles. The Morgan fingerprint density at radius 1 is 1.08 bits per heavy atom. The number of hydrogen-bond acceptors (Lipinski definition) is 5. The van der Waals surface area contributed by atoms with Gasteiger partial charge in [-0.15, -0.1) is 0 Å². The quantitative estimate of drug-likeness (QED) is 0.313. The highest BCUT2D eigenvalue weighted by molar-refractivity contribution is 5.75. The van der Waals surface area contributed by atoms with Crippen molar-refractivity contribution in [2.75, 3.05) is 25.0 Å². The Hall–Kier alpha value is -2.83. The van der Waals surface area contributed by atoms with Crippen LogP contribution in [0.3, 0.4) is 0 Å². The first-order valence-corrected chi connectivity index (χ1v) is 13.6. The molecule has 2 aromatic rings. The molecule has 2 aromatic carbocycles. The first kappa shape index (κ1) is 24.8. The molecule has 192 valence electrons. The first-order valence-electron chi connectivity index (χ1n) is 13.6. The molecule has 5 rings (SSSR count). The van der Waals surface area contributed by atoms with Gasteiger partial charge in [0.2, 0.25) is 0 Å². The number of halogens is 1. The zero-order valence-corrected chi connectivity index (χ0v) is 21.7. The molecule has 0 radical (unpaired) electrons. The number of hydrazine groups is 1. The van der Waals surface area contributed by atoms with Gasteiger partial charge in [0.1, 0.15) is 5.82 Å². The van der Waals surface area contributed by atoms with Crippen molar-refractivity contribution in [1.29, 1.82) is 0 Å². The molecule has 1 saturated carbocycles. The fourth-order valence-electron chi connectivity index (χ4n) is 6.09. The van der Waals surface area contributed by atoms with E-state index < -0.39 is 0 Å². The van der Waals surface area contributed by atoms with Crippen molar-refractivity contribution in [3.05, 3.63) is 76.2 Å². The fraction of sp³-hybridized carbons (Fsp3) is 0.467. The molecule has 5 nitrogen and oxygen atoms in total. The Labute approximate surface area is 215 Å². The molecular formula is C30H40FN5. The molecule has 0 spiro atoms. The van der Waals surface area contributed by atoms with Gasteiger partial charge in [-0.2, -0.15) is 0 Å². The highest BCUT2D eigenvalue weighted by atomic mass is 19.1. The van der Waals surface area contributed by atoms with Crippen LogP contribution in [0.4, 0.5) is 10.1 Å². The van der Waals surface area contributed by atoms with Gasteiger partial charge >= 0.3 is 0 Å². The number of nitrogens with one attached hydrogen (secondary N) is 3. The highest BCUT2D eigenvalue weighted by Crippen LogP contribution is 2.36. The fourth-order valence-corrected chi connectivity index (χ4v) is 6.09. The van der Waals surface area contributed by atoms with Gasteiger partial charge in [-0.05, 0) is 86.1 Å². The van der Waals surface area contributed by atoms with E-state index in [2.05, 4.69) is 45.2 Å². The third-order valence-electron chi connectivity index (χ3n) is 8.22. The third kappa shape index (κ3) is 5.30. The summed E-state index contributed by atoms with van der Waals surface area (Å²) < 4.78 is 13.9. The monoisotopic (exact) mass is 489 g/mol. The summed E-state index contributed by atoms with van der Waals surface area (Å²) in [6.07, 6.45) is 11.3. The van der Waals surface area contributed by atoms with Crippen LogP contribution in [0.1, 0.15) is 80.2 Å². The summed E-state index contributed by atoms with van der Waals surface area (Å²) in [5, 5.41) is 7.28. The topological polar surface area (TPSA) is 65.3 Å². The molecule has 1 fully saturated rings. The average Bonchev–Trinajstić information content (AvgIpc) is 3.10. The molecular weight excluding hydrogens is 449 g/mol. The van der Waals surface area contributed by atoms with Gasteiger partial charge in [0.05, 0.1) is 11.7 Å². The molecule has 2 aliphatic heterocycles. The minimum absolute atomic E-state index is 0.100. The maximum atomic E-state index is 13.9. The zero-order valence-electron chi connectivity index (χ0n) is 21.7. The van der Waals surface area contributed by atoms with Gasteiger partial charge in [-0.3, -0.25) is 10.7 Å². The lowest BCUT2D eigenvalue weighted by Gasteiger charge is -2.36. The number of benzene rings is 2. The summed E-state index contributed by atoms with van der Waals surface area (Å²) in [6.45, 7) is 6.82. The van der Waals surface area contributed by atoms with Crippen molar-refractivity contribution in [2.24, 2.45) is 5.84 Å². The molecule has 6 heteroatoms. The molecule has 2 heterocycles. The van der Waals surface area contributed by atoms with E-state index in [0.717, 1.165) is 61.2 Å². The van der Waals surface area contributed by atoms with Crippen molar-refractivity contribution in [3.63, 3.8) is 0 Å². The smallest absolute Gasteiger partial charge is 0.126 e. The average molecular weight is 490 g/mol. The largest absolute Gasteiger partial charge is 0.383 e. The normalized spacial score (nSPS) is 22.7.